The molecule has 1 unspecified atom stereocenters. The lowest BCUT2D eigenvalue weighted by Crippen LogP contribution is -2.46. The van der Waals surface area contributed by atoms with Crippen LogP contribution in [0.2, 0.25) is 0 Å². The number of H-pyrrole nitrogens is 1. The number of para-hydroxylation sites is 1. The van der Waals surface area contributed by atoms with Crippen LogP contribution in [-0.2, 0) is 9.53 Å². The Labute approximate surface area is 112 Å². The zero-order valence-electron chi connectivity index (χ0n) is 11.4. The molecule has 0 fully saturated rings. The van der Waals surface area contributed by atoms with Gasteiger partial charge in [0, 0.05) is 28.6 Å². The molecule has 3 atom stereocenters. The van der Waals surface area contributed by atoms with Gasteiger partial charge in [-0.25, -0.2) is 0 Å². The maximum absolute atomic E-state index is 11.9. The summed E-state index contributed by atoms with van der Waals surface area (Å²) in [5.41, 5.74) is 3.53. The van der Waals surface area contributed by atoms with Gasteiger partial charge in [-0.05, 0) is 18.6 Å². The molecule has 1 aliphatic rings. The summed E-state index contributed by atoms with van der Waals surface area (Å²) < 4.78 is 4.90. The summed E-state index contributed by atoms with van der Waals surface area (Å²) in [7, 11) is 1.44. The third-order valence-corrected chi connectivity index (χ3v) is 4.05. The van der Waals surface area contributed by atoms with Gasteiger partial charge in [0.15, 0.2) is 0 Å². The summed E-state index contributed by atoms with van der Waals surface area (Å²) in [6.45, 7) is 4.13. The standard InChI is InChI=1S/C15H18N2O2/c1-8-12-10-6-4-5-7-11(10)17-14(12)9(2)16-13(8)15(18)19-3/h4-9,13,16-17H,1-3H3/t8-,9?,13+/m1/s1. The van der Waals surface area contributed by atoms with Gasteiger partial charge >= 0.3 is 5.97 Å². The predicted octanol–water partition coefficient (Wildman–Crippen LogP) is 2.48. The van der Waals surface area contributed by atoms with Gasteiger partial charge in [-0.2, -0.15) is 0 Å². The molecule has 1 aliphatic heterocycles. The number of carbonyl (C=O) groups is 1. The number of aromatic nitrogens is 1. The molecule has 4 nitrogen and oxygen atoms in total. The first-order valence-electron chi connectivity index (χ1n) is 6.58. The molecule has 3 rings (SSSR count). The zero-order chi connectivity index (χ0) is 13.6. The van der Waals surface area contributed by atoms with Crippen LogP contribution >= 0.6 is 0 Å². The number of methoxy groups -OCH3 is 1. The molecule has 0 saturated carbocycles. The van der Waals surface area contributed by atoms with Gasteiger partial charge in [0.05, 0.1) is 7.11 Å². The third kappa shape index (κ3) is 1.75. The molecule has 1 aromatic heterocycles. The first kappa shape index (κ1) is 12.2. The topological polar surface area (TPSA) is 54.1 Å². The number of esters is 1. The normalized spacial score (nSPS) is 26.2. The Morgan fingerprint density at radius 1 is 1.26 bits per heavy atom. The fraction of sp³-hybridized carbons (Fsp3) is 0.400. The molecular formula is C15H18N2O2. The van der Waals surface area contributed by atoms with Crippen LogP contribution in [0.15, 0.2) is 24.3 Å². The predicted molar refractivity (Wildman–Crippen MR) is 74.1 cm³/mol. The van der Waals surface area contributed by atoms with E-state index in [0.29, 0.717) is 0 Å². The number of carbonyl (C=O) groups excluding carboxylic acids is 1. The highest BCUT2D eigenvalue weighted by molar-refractivity contribution is 5.88. The fourth-order valence-electron chi connectivity index (χ4n) is 3.08. The minimum absolute atomic E-state index is 0.0924. The second-order valence-corrected chi connectivity index (χ2v) is 5.18. The molecule has 0 aliphatic carbocycles. The minimum Gasteiger partial charge on any atom is -0.468 e. The Bertz CT molecular complexity index is 632. The van der Waals surface area contributed by atoms with Crippen LogP contribution in [0.5, 0.6) is 0 Å². The number of nitrogens with one attached hydrogen (secondary N) is 2. The van der Waals surface area contributed by atoms with Crippen LogP contribution < -0.4 is 5.32 Å². The van der Waals surface area contributed by atoms with Gasteiger partial charge in [0.1, 0.15) is 6.04 Å². The molecule has 0 amide bonds. The highest BCUT2D eigenvalue weighted by atomic mass is 16.5. The summed E-state index contributed by atoms with van der Waals surface area (Å²) >= 11 is 0. The molecule has 0 bridgehead atoms. The Balaban J connectivity index is 2.17. The molecule has 2 aromatic rings. The molecule has 4 heteroatoms. The SMILES string of the molecule is COC(=O)[C@H]1NC(C)c2[nH]c3ccccc3c2[C@H]1C. The van der Waals surface area contributed by atoms with E-state index in [1.165, 1.54) is 23.8 Å². The van der Waals surface area contributed by atoms with Gasteiger partial charge in [-0.3, -0.25) is 10.1 Å². The van der Waals surface area contributed by atoms with E-state index in [9.17, 15) is 4.79 Å². The van der Waals surface area contributed by atoms with Crippen LogP contribution in [0, 0.1) is 0 Å². The van der Waals surface area contributed by atoms with E-state index in [-0.39, 0.29) is 24.0 Å². The lowest BCUT2D eigenvalue weighted by Gasteiger charge is -2.32. The van der Waals surface area contributed by atoms with Crippen molar-refractivity contribution in [3.05, 3.63) is 35.5 Å². The van der Waals surface area contributed by atoms with E-state index in [1.54, 1.807) is 0 Å². The van der Waals surface area contributed by atoms with Crippen molar-refractivity contribution in [1.29, 1.82) is 0 Å². The van der Waals surface area contributed by atoms with Gasteiger partial charge in [-0.1, -0.05) is 25.1 Å². The Kier molecular flexibility index (Phi) is 2.82. The van der Waals surface area contributed by atoms with Crippen molar-refractivity contribution in [2.75, 3.05) is 7.11 Å². The second kappa shape index (κ2) is 4.38. The molecular weight excluding hydrogens is 240 g/mol. The van der Waals surface area contributed by atoms with Gasteiger partial charge in [0.25, 0.3) is 0 Å². The summed E-state index contributed by atoms with van der Waals surface area (Å²) in [6.07, 6.45) is 0. The van der Waals surface area contributed by atoms with E-state index in [1.807, 2.05) is 12.1 Å². The van der Waals surface area contributed by atoms with Crippen molar-refractivity contribution in [2.24, 2.45) is 0 Å². The van der Waals surface area contributed by atoms with E-state index in [2.05, 4.69) is 36.3 Å². The number of benzene rings is 1. The van der Waals surface area contributed by atoms with Crippen molar-refractivity contribution >= 4 is 16.9 Å². The lowest BCUT2D eigenvalue weighted by atomic mass is 9.85. The minimum atomic E-state index is -0.285. The zero-order valence-corrected chi connectivity index (χ0v) is 11.4. The van der Waals surface area contributed by atoms with E-state index in [4.69, 9.17) is 4.74 Å². The molecule has 19 heavy (non-hydrogen) atoms. The van der Waals surface area contributed by atoms with Gasteiger partial charge in [-0.15, -0.1) is 0 Å². The van der Waals surface area contributed by atoms with Crippen LogP contribution in [0.1, 0.15) is 37.1 Å². The third-order valence-electron chi connectivity index (χ3n) is 4.05. The number of aromatic amines is 1. The Hall–Kier alpha value is -1.81. The van der Waals surface area contributed by atoms with E-state index < -0.39 is 0 Å². The molecule has 0 spiro atoms. The fourth-order valence-corrected chi connectivity index (χ4v) is 3.08. The molecule has 0 saturated heterocycles. The number of rotatable bonds is 1. The van der Waals surface area contributed by atoms with E-state index in [0.717, 1.165) is 5.52 Å². The average Bonchev–Trinajstić information content (AvgIpc) is 2.82. The first-order valence-corrected chi connectivity index (χ1v) is 6.58. The number of ether oxygens (including phenoxy) is 1. The van der Waals surface area contributed by atoms with Crippen molar-refractivity contribution in [3.8, 4) is 0 Å². The van der Waals surface area contributed by atoms with Crippen LogP contribution in [0.25, 0.3) is 10.9 Å². The van der Waals surface area contributed by atoms with Crippen LogP contribution in [0.3, 0.4) is 0 Å². The largest absolute Gasteiger partial charge is 0.468 e. The van der Waals surface area contributed by atoms with E-state index >= 15 is 0 Å². The van der Waals surface area contributed by atoms with Crippen LogP contribution in [-0.4, -0.2) is 24.1 Å². The molecule has 0 radical (unpaired) electrons. The Morgan fingerprint density at radius 2 is 2.00 bits per heavy atom. The van der Waals surface area contributed by atoms with Crippen molar-refractivity contribution in [2.45, 2.75) is 31.8 Å². The maximum Gasteiger partial charge on any atom is 0.323 e. The first-order chi connectivity index (χ1) is 9.13. The Morgan fingerprint density at radius 3 is 2.74 bits per heavy atom. The summed E-state index contributed by atoms with van der Waals surface area (Å²) in [5, 5.41) is 4.53. The average molecular weight is 258 g/mol. The van der Waals surface area contributed by atoms with Crippen LogP contribution in [0.4, 0.5) is 0 Å². The second-order valence-electron chi connectivity index (χ2n) is 5.18. The highest BCUT2D eigenvalue weighted by Gasteiger charge is 2.37. The number of hydrogen-bond acceptors (Lipinski definition) is 3. The smallest absolute Gasteiger partial charge is 0.323 e. The summed E-state index contributed by atoms with van der Waals surface area (Å²) in [6, 6.07) is 8.05. The van der Waals surface area contributed by atoms with Crippen molar-refractivity contribution in [1.82, 2.24) is 10.3 Å². The number of hydrogen-bond donors (Lipinski definition) is 2. The van der Waals surface area contributed by atoms with Crippen molar-refractivity contribution in [3.63, 3.8) is 0 Å². The molecule has 100 valence electrons. The highest BCUT2D eigenvalue weighted by Crippen LogP contribution is 2.38. The lowest BCUT2D eigenvalue weighted by molar-refractivity contribution is -0.144. The molecule has 1 aromatic carbocycles. The summed E-state index contributed by atoms with van der Waals surface area (Å²) in [4.78, 5) is 15.4. The maximum atomic E-state index is 11.9. The van der Waals surface area contributed by atoms with Gasteiger partial charge < -0.3 is 9.72 Å². The van der Waals surface area contributed by atoms with Gasteiger partial charge in [0.2, 0.25) is 0 Å². The number of fused-ring (bicyclic) bond motifs is 3. The van der Waals surface area contributed by atoms with Crippen molar-refractivity contribution < 1.29 is 9.53 Å². The molecule has 2 N–H and O–H groups in total. The summed E-state index contributed by atoms with van der Waals surface area (Å²) in [5.74, 6) is -0.106. The monoisotopic (exact) mass is 258 g/mol. The quantitative estimate of drug-likeness (QED) is 0.773. The molecule has 2 heterocycles.